The molecule has 0 bridgehead atoms. The van der Waals surface area contributed by atoms with Gasteiger partial charge in [0.2, 0.25) is 0 Å². The maximum absolute atomic E-state index is 6.28. The van der Waals surface area contributed by atoms with Crippen molar-refractivity contribution in [3.8, 4) is 0 Å². The SMILES string of the molecule is CCCCC1CCCN(CC2CCCCC2N)C1.Cl. The van der Waals surface area contributed by atoms with E-state index in [0.29, 0.717) is 6.04 Å². The van der Waals surface area contributed by atoms with E-state index in [9.17, 15) is 0 Å². The molecule has 1 aliphatic heterocycles. The highest BCUT2D eigenvalue weighted by Gasteiger charge is 2.26. The Morgan fingerprint density at radius 1 is 1.11 bits per heavy atom. The minimum absolute atomic E-state index is 0. The first-order chi connectivity index (χ1) is 8.79. The number of nitrogens with two attached hydrogens (primary N) is 1. The van der Waals surface area contributed by atoms with E-state index in [4.69, 9.17) is 5.73 Å². The highest BCUT2D eigenvalue weighted by Crippen LogP contribution is 2.27. The lowest BCUT2D eigenvalue weighted by atomic mass is 9.84. The third kappa shape index (κ3) is 5.61. The van der Waals surface area contributed by atoms with Gasteiger partial charge >= 0.3 is 0 Å². The van der Waals surface area contributed by atoms with Gasteiger partial charge in [-0.3, -0.25) is 0 Å². The van der Waals surface area contributed by atoms with Crippen molar-refractivity contribution in [2.45, 2.75) is 70.8 Å². The Morgan fingerprint density at radius 3 is 2.63 bits per heavy atom. The van der Waals surface area contributed by atoms with Crippen molar-refractivity contribution in [1.29, 1.82) is 0 Å². The van der Waals surface area contributed by atoms with Crippen molar-refractivity contribution in [3.63, 3.8) is 0 Å². The van der Waals surface area contributed by atoms with Gasteiger partial charge in [-0.05, 0) is 50.5 Å². The molecule has 3 unspecified atom stereocenters. The van der Waals surface area contributed by atoms with E-state index in [1.54, 1.807) is 0 Å². The highest BCUT2D eigenvalue weighted by molar-refractivity contribution is 5.85. The van der Waals surface area contributed by atoms with Crippen LogP contribution < -0.4 is 5.73 Å². The quantitative estimate of drug-likeness (QED) is 0.833. The molecular weight excluding hydrogens is 256 g/mol. The van der Waals surface area contributed by atoms with Crippen LogP contribution in [0.4, 0.5) is 0 Å². The minimum Gasteiger partial charge on any atom is -0.327 e. The van der Waals surface area contributed by atoms with Crippen molar-refractivity contribution >= 4 is 12.4 Å². The molecule has 1 saturated carbocycles. The summed E-state index contributed by atoms with van der Waals surface area (Å²) in [5.41, 5.74) is 6.28. The summed E-state index contributed by atoms with van der Waals surface area (Å²) in [5, 5.41) is 0. The lowest BCUT2D eigenvalue weighted by molar-refractivity contribution is 0.125. The maximum atomic E-state index is 6.28. The predicted octanol–water partition coefficient (Wildman–Crippen LogP) is 3.83. The van der Waals surface area contributed by atoms with Crippen LogP contribution >= 0.6 is 12.4 Å². The molecule has 0 aromatic heterocycles. The molecule has 0 aromatic rings. The molecule has 0 amide bonds. The molecule has 2 fully saturated rings. The molecule has 114 valence electrons. The zero-order valence-corrected chi connectivity index (χ0v) is 13.5. The van der Waals surface area contributed by atoms with Crippen molar-refractivity contribution in [1.82, 2.24) is 4.90 Å². The standard InChI is InChI=1S/C16H32N2.ClH/c1-2-3-7-14-8-6-11-18(12-14)13-15-9-4-5-10-16(15)17;/h14-16H,2-13,17H2,1H3;1H. The molecule has 2 nitrogen and oxygen atoms in total. The van der Waals surface area contributed by atoms with E-state index >= 15 is 0 Å². The number of piperidine rings is 1. The number of halogens is 1. The summed E-state index contributed by atoms with van der Waals surface area (Å²) >= 11 is 0. The Labute approximate surface area is 125 Å². The van der Waals surface area contributed by atoms with Gasteiger partial charge in [0.1, 0.15) is 0 Å². The van der Waals surface area contributed by atoms with Crippen molar-refractivity contribution in [3.05, 3.63) is 0 Å². The van der Waals surface area contributed by atoms with Crippen LogP contribution in [0.25, 0.3) is 0 Å². The van der Waals surface area contributed by atoms with Crippen LogP contribution in [0.1, 0.15) is 64.7 Å². The number of likely N-dealkylation sites (tertiary alicyclic amines) is 1. The topological polar surface area (TPSA) is 29.3 Å². The third-order valence-corrected chi connectivity index (χ3v) is 5.03. The average molecular weight is 289 g/mol. The summed E-state index contributed by atoms with van der Waals surface area (Å²) in [5.74, 6) is 1.75. The van der Waals surface area contributed by atoms with Crippen LogP contribution in [0.2, 0.25) is 0 Å². The highest BCUT2D eigenvalue weighted by atomic mass is 35.5. The summed E-state index contributed by atoms with van der Waals surface area (Å²) in [6.07, 6.45) is 12.5. The molecule has 2 N–H and O–H groups in total. The molecule has 0 radical (unpaired) electrons. The summed E-state index contributed by atoms with van der Waals surface area (Å²) < 4.78 is 0. The first kappa shape index (κ1) is 17.3. The Hall–Kier alpha value is 0.210. The van der Waals surface area contributed by atoms with Crippen LogP contribution in [0.15, 0.2) is 0 Å². The molecule has 0 spiro atoms. The fourth-order valence-electron chi connectivity index (χ4n) is 3.84. The van der Waals surface area contributed by atoms with Crippen LogP contribution in [0, 0.1) is 11.8 Å². The third-order valence-electron chi connectivity index (χ3n) is 5.03. The normalized spacial score (nSPS) is 32.8. The number of hydrogen-bond acceptors (Lipinski definition) is 2. The van der Waals surface area contributed by atoms with Gasteiger partial charge in [-0.25, -0.2) is 0 Å². The Balaban J connectivity index is 0.00000180. The van der Waals surface area contributed by atoms with Gasteiger partial charge in [0.25, 0.3) is 0 Å². The fraction of sp³-hybridized carbons (Fsp3) is 1.00. The Morgan fingerprint density at radius 2 is 1.89 bits per heavy atom. The van der Waals surface area contributed by atoms with E-state index in [0.717, 1.165) is 11.8 Å². The van der Waals surface area contributed by atoms with Crippen LogP contribution in [-0.4, -0.2) is 30.6 Å². The zero-order valence-electron chi connectivity index (χ0n) is 12.7. The molecule has 1 heterocycles. The lowest BCUT2D eigenvalue weighted by Gasteiger charge is -2.38. The van der Waals surface area contributed by atoms with E-state index in [1.165, 1.54) is 77.4 Å². The molecular formula is C16H33ClN2. The van der Waals surface area contributed by atoms with Crippen molar-refractivity contribution in [2.75, 3.05) is 19.6 Å². The first-order valence-corrected chi connectivity index (χ1v) is 8.27. The van der Waals surface area contributed by atoms with Gasteiger partial charge < -0.3 is 10.6 Å². The number of rotatable bonds is 5. The van der Waals surface area contributed by atoms with Gasteiger partial charge in [-0.15, -0.1) is 12.4 Å². The largest absolute Gasteiger partial charge is 0.327 e. The molecule has 1 aliphatic carbocycles. The molecule has 1 saturated heterocycles. The molecule has 3 atom stereocenters. The van der Waals surface area contributed by atoms with Crippen LogP contribution in [0.5, 0.6) is 0 Å². The fourth-order valence-corrected chi connectivity index (χ4v) is 3.84. The second-order valence-corrected chi connectivity index (χ2v) is 6.62. The van der Waals surface area contributed by atoms with Gasteiger partial charge in [-0.1, -0.05) is 32.6 Å². The Bertz CT molecular complexity index is 235. The van der Waals surface area contributed by atoms with E-state index in [-0.39, 0.29) is 12.4 Å². The minimum atomic E-state index is 0. The molecule has 2 rings (SSSR count). The molecule has 19 heavy (non-hydrogen) atoms. The summed E-state index contributed by atoms with van der Waals surface area (Å²) in [4.78, 5) is 2.72. The van der Waals surface area contributed by atoms with Gasteiger partial charge in [0, 0.05) is 19.1 Å². The smallest absolute Gasteiger partial charge is 0.00793 e. The molecule has 3 heteroatoms. The summed E-state index contributed by atoms with van der Waals surface area (Å²) in [6.45, 7) is 6.26. The van der Waals surface area contributed by atoms with E-state index < -0.39 is 0 Å². The average Bonchev–Trinajstić information content (AvgIpc) is 2.40. The summed E-state index contributed by atoms with van der Waals surface area (Å²) in [6, 6.07) is 0.481. The van der Waals surface area contributed by atoms with E-state index in [2.05, 4.69) is 11.8 Å². The monoisotopic (exact) mass is 288 g/mol. The zero-order chi connectivity index (χ0) is 12.8. The lowest BCUT2D eigenvalue weighted by Crippen LogP contribution is -2.44. The van der Waals surface area contributed by atoms with Gasteiger partial charge in [0.15, 0.2) is 0 Å². The van der Waals surface area contributed by atoms with Crippen molar-refractivity contribution < 1.29 is 0 Å². The second-order valence-electron chi connectivity index (χ2n) is 6.62. The van der Waals surface area contributed by atoms with E-state index in [1.807, 2.05) is 0 Å². The summed E-state index contributed by atoms with van der Waals surface area (Å²) in [7, 11) is 0. The van der Waals surface area contributed by atoms with Crippen LogP contribution in [-0.2, 0) is 0 Å². The maximum Gasteiger partial charge on any atom is 0.00793 e. The number of hydrogen-bond donors (Lipinski definition) is 1. The van der Waals surface area contributed by atoms with Crippen molar-refractivity contribution in [2.24, 2.45) is 17.6 Å². The van der Waals surface area contributed by atoms with Gasteiger partial charge in [-0.2, -0.15) is 0 Å². The second kappa shape index (κ2) is 9.20. The first-order valence-electron chi connectivity index (χ1n) is 8.27. The Kier molecular flexibility index (Phi) is 8.36. The molecule has 0 aromatic carbocycles. The number of unbranched alkanes of at least 4 members (excludes halogenated alkanes) is 1. The number of nitrogens with zero attached hydrogens (tertiary/aromatic N) is 1. The predicted molar refractivity (Wildman–Crippen MR) is 85.9 cm³/mol. The van der Waals surface area contributed by atoms with Gasteiger partial charge in [0.05, 0.1) is 0 Å². The van der Waals surface area contributed by atoms with Crippen LogP contribution in [0.3, 0.4) is 0 Å². The molecule has 2 aliphatic rings.